The average molecular weight is 340 g/mol. The predicted octanol–water partition coefficient (Wildman–Crippen LogP) is 3.15. The number of nitrogens with one attached hydrogen (secondary N) is 2. The Labute approximate surface area is 144 Å². The van der Waals surface area contributed by atoms with Gasteiger partial charge in [0, 0.05) is 16.6 Å². The molecular formula is C16H23N3O3S. The van der Waals surface area contributed by atoms with Gasteiger partial charge in [0.25, 0.3) is 0 Å². The van der Waals surface area contributed by atoms with Crippen LogP contribution in [0.5, 0.6) is 0 Å². The molecule has 1 atom stereocenters. The van der Waals surface area contributed by atoms with E-state index in [0.717, 1.165) is 24.2 Å². The van der Waals surface area contributed by atoms with Crippen LogP contribution in [0.4, 0.5) is 9.80 Å². The van der Waals surface area contributed by atoms with Gasteiger partial charge in [-0.15, -0.1) is 0 Å². The van der Waals surface area contributed by atoms with Gasteiger partial charge < -0.3 is 10.1 Å². The molecule has 2 fully saturated rings. The summed E-state index contributed by atoms with van der Waals surface area (Å²) in [5, 5.41) is 6.02. The Bertz CT molecular complexity index is 737. The van der Waals surface area contributed by atoms with E-state index in [0.29, 0.717) is 17.2 Å². The monoisotopic (exact) mass is 340 g/mol. The van der Waals surface area contributed by atoms with Crippen LogP contribution in [0.25, 0.3) is 0 Å². The third kappa shape index (κ3) is 3.34. The number of hydrogen-bond donors (Lipinski definition) is 2. The van der Waals surface area contributed by atoms with Crippen LogP contribution >= 0.6 is 11.3 Å². The van der Waals surface area contributed by atoms with Crippen LogP contribution in [0.2, 0.25) is 0 Å². The molecule has 2 aliphatic rings. The fourth-order valence-electron chi connectivity index (χ4n) is 2.47. The molecule has 0 bridgehead atoms. The molecule has 2 N–H and O–H groups in total. The summed E-state index contributed by atoms with van der Waals surface area (Å²) in [5.41, 5.74) is -1.66. The quantitative estimate of drug-likeness (QED) is 0.886. The van der Waals surface area contributed by atoms with Crippen molar-refractivity contribution in [3.05, 3.63) is 10.7 Å². The number of thiazole rings is 1. The summed E-state index contributed by atoms with van der Waals surface area (Å²) in [5.74, 6) is -0.347. The van der Waals surface area contributed by atoms with Crippen molar-refractivity contribution in [2.24, 2.45) is 0 Å². The second-order valence-corrected chi connectivity index (χ2v) is 8.04. The Hall–Kier alpha value is -1.63. The van der Waals surface area contributed by atoms with Crippen molar-refractivity contribution in [3.63, 3.8) is 0 Å². The zero-order chi connectivity index (χ0) is 19.3. The molecule has 0 radical (unpaired) electrons. The van der Waals surface area contributed by atoms with Crippen molar-refractivity contribution in [1.29, 1.82) is 0 Å². The number of ether oxygens (including phenoxy) is 1. The van der Waals surface area contributed by atoms with E-state index >= 15 is 0 Å². The lowest BCUT2D eigenvalue weighted by molar-refractivity contribution is -0.123. The van der Waals surface area contributed by atoms with E-state index < -0.39 is 29.9 Å². The number of nitrogens with zero attached hydrogens (tertiary/aromatic N) is 1. The lowest BCUT2D eigenvalue weighted by atomic mass is 9.90. The number of aromatic nitrogens is 1. The van der Waals surface area contributed by atoms with E-state index in [2.05, 4.69) is 15.6 Å². The highest BCUT2D eigenvalue weighted by atomic mass is 32.1. The SMILES string of the molecule is [2H]C([2H])([2H])C1(c2nc(C3CC3)c(NC(=O)OC(C)(C)C)s2)CCNC1=O. The smallest absolute Gasteiger partial charge is 0.412 e. The topological polar surface area (TPSA) is 80.3 Å². The standard InChI is InChI=1S/C16H23N3O3S/c1-15(2,3)22-14(21)19-11-10(9-5-6-9)18-13(23-11)16(4)7-8-17-12(16)20/h9H,5-8H2,1-4H3,(H,17,20)(H,19,21)/i4D3. The summed E-state index contributed by atoms with van der Waals surface area (Å²) >= 11 is 1.07. The fourth-order valence-corrected chi connectivity index (χ4v) is 3.62. The van der Waals surface area contributed by atoms with Crippen LogP contribution in [0.1, 0.15) is 67.6 Å². The Morgan fingerprint density at radius 1 is 1.52 bits per heavy atom. The van der Waals surface area contributed by atoms with Gasteiger partial charge in [-0.3, -0.25) is 10.1 Å². The maximum absolute atomic E-state index is 12.4. The maximum atomic E-state index is 12.4. The lowest BCUT2D eigenvalue weighted by Gasteiger charge is -2.19. The summed E-state index contributed by atoms with van der Waals surface area (Å²) in [6.45, 7) is 3.07. The third-order valence-corrected chi connectivity index (χ3v) is 4.92. The maximum Gasteiger partial charge on any atom is 0.412 e. The van der Waals surface area contributed by atoms with Crippen molar-refractivity contribution < 1.29 is 18.4 Å². The van der Waals surface area contributed by atoms with E-state index in [-0.39, 0.29) is 17.3 Å². The molecule has 1 aromatic rings. The molecule has 23 heavy (non-hydrogen) atoms. The van der Waals surface area contributed by atoms with Gasteiger partial charge in [-0.2, -0.15) is 0 Å². The molecule has 1 unspecified atom stereocenters. The van der Waals surface area contributed by atoms with E-state index in [1.807, 2.05) is 0 Å². The number of rotatable bonds is 3. The summed E-state index contributed by atoms with van der Waals surface area (Å²) < 4.78 is 29.1. The molecule has 1 saturated heterocycles. The Balaban J connectivity index is 1.97. The highest BCUT2D eigenvalue weighted by Crippen LogP contribution is 2.47. The fraction of sp³-hybridized carbons (Fsp3) is 0.688. The highest BCUT2D eigenvalue weighted by molar-refractivity contribution is 7.16. The number of hydrogen-bond acceptors (Lipinski definition) is 5. The van der Waals surface area contributed by atoms with Crippen molar-refractivity contribution >= 4 is 28.3 Å². The van der Waals surface area contributed by atoms with Gasteiger partial charge in [-0.25, -0.2) is 9.78 Å². The lowest BCUT2D eigenvalue weighted by Crippen LogP contribution is -2.32. The predicted molar refractivity (Wildman–Crippen MR) is 88.9 cm³/mol. The van der Waals surface area contributed by atoms with Gasteiger partial charge in [0.2, 0.25) is 5.91 Å². The summed E-state index contributed by atoms with van der Waals surface area (Å²) in [6.07, 6.45) is 1.40. The van der Waals surface area contributed by atoms with Crippen molar-refractivity contribution in [1.82, 2.24) is 10.3 Å². The normalized spacial score (nSPS) is 26.9. The summed E-state index contributed by atoms with van der Waals surface area (Å²) in [7, 11) is 0. The molecule has 7 heteroatoms. The average Bonchev–Trinajstić information content (AvgIpc) is 3.10. The van der Waals surface area contributed by atoms with Gasteiger partial charge in [0.15, 0.2) is 0 Å². The molecule has 2 heterocycles. The summed E-state index contributed by atoms with van der Waals surface area (Å²) in [4.78, 5) is 29.1. The van der Waals surface area contributed by atoms with Gasteiger partial charge in [-0.05, 0) is 46.9 Å². The van der Waals surface area contributed by atoms with Crippen molar-refractivity contribution in [2.75, 3.05) is 11.9 Å². The van der Waals surface area contributed by atoms with E-state index in [1.165, 1.54) is 0 Å². The van der Waals surface area contributed by atoms with Crippen LogP contribution in [0, 0.1) is 0 Å². The molecule has 3 rings (SSSR count). The largest absolute Gasteiger partial charge is 0.444 e. The minimum Gasteiger partial charge on any atom is -0.444 e. The second kappa shape index (κ2) is 5.47. The number of amides is 2. The zero-order valence-electron chi connectivity index (χ0n) is 16.5. The minimum absolute atomic E-state index is 0.159. The molecule has 126 valence electrons. The molecule has 1 aromatic heterocycles. The van der Waals surface area contributed by atoms with Gasteiger partial charge >= 0.3 is 6.09 Å². The Morgan fingerprint density at radius 3 is 2.78 bits per heavy atom. The number of carbonyl (C=O) groups excluding carboxylic acids is 2. The first-order chi connectivity index (χ1) is 11.9. The molecule has 1 aliphatic heterocycles. The van der Waals surface area contributed by atoms with Crippen LogP contribution in [0.15, 0.2) is 0 Å². The molecule has 1 saturated carbocycles. The number of carbonyl (C=O) groups is 2. The molecular weight excluding hydrogens is 314 g/mol. The number of anilines is 1. The second-order valence-electron chi connectivity index (χ2n) is 7.05. The van der Waals surface area contributed by atoms with Crippen molar-refractivity contribution in [2.45, 2.75) is 63.8 Å². The van der Waals surface area contributed by atoms with Crippen LogP contribution in [-0.4, -0.2) is 29.1 Å². The van der Waals surface area contributed by atoms with Gasteiger partial charge in [-0.1, -0.05) is 11.3 Å². The van der Waals surface area contributed by atoms with Crippen molar-refractivity contribution in [3.8, 4) is 0 Å². The molecule has 1 aliphatic carbocycles. The van der Waals surface area contributed by atoms with Gasteiger partial charge in [0.05, 0.1) is 11.1 Å². The summed E-state index contributed by atoms with van der Waals surface area (Å²) in [6, 6.07) is 0. The first kappa shape index (κ1) is 12.8. The zero-order valence-corrected chi connectivity index (χ0v) is 14.3. The molecule has 0 spiro atoms. The van der Waals surface area contributed by atoms with E-state index in [9.17, 15) is 9.59 Å². The molecule has 2 amide bonds. The van der Waals surface area contributed by atoms with E-state index in [4.69, 9.17) is 8.85 Å². The molecule has 6 nitrogen and oxygen atoms in total. The van der Waals surface area contributed by atoms with Gasteiger partial charge in [0.1, 0.15) is 15.6 Å². The molecule has 0 aromatic carbocycles. The van der Waals surface area contributed by atoms with Crippen LogP contribution in [0.3, 0.4) is 0 Å². The van der Waals surface area contributed by atoms with Crippen LogP contribution < -0.4 is 10.6 Å². The minimum atomic E-state index is -2.52. The first-order valence-corrected chi connectivity index (χ1v) is 8.55. The van der Waals surface area contributed by atoms with E-state index in [1.54, 1.807) is 20.8 Å². The Kier molecular flexibility index (Phi) is 3.03. The first-order valence-electron chi connectivity index (χ1n) is 9.23. The van der Waals surface area contributed by atoms with Crippen LogP contribution in [-0.2, 0) is 14.9 Å². The highest BCUT2D eigenvalue weighted by Gasteiger charge is 2.44. The Morgan fingerprint density at radius 2 is 2.26 bits per heavy atom. The third-order valence-electron chi connectivity index (χ3n) is 3.77.